The molecule has 3 aliphatic carbocycles. The second-order valence-electron chi connectivity index (χ2n) is 6.71. The van der Waals surface area contributed by atoms with Gasteiger partial charge in [-0.25, -0.2) is 4.79 Å². The Bertz CT molecular complexity index is 284. The fourth-order valence-corrected chi connectivity index (χ4v) is 4.31. The van der Waals surface area contributed by atoms with Gasteiger partial charge in [0.1, 0.15) is 0 Å². The average molecular weight is 264 g/mol. The minimum atomic E-state index is 0.255. The summed E-state index contributed by atoms with van der Waals surface area (Å²) in [6, 6.07) is 1.78. The lowest BCUT2D eigenvalue weighted by molar-refractivity contribution is 0.142. The Hall–Kier alpha value is -0.730. The van der Waals surface area contributed by atoms with Crippen molar-refractivity contribution in [1.29, 1.82) is 0 Å². The Kier molecular flexibility index (Phi) is 4.29. The zero-order valence-corrected chi connectivity index (χ0v) is 12.1. The summed E-state index contributed by atoms with van der Waals surface area (Å²) >= 11 is 0. The molecule has 0 unspecified atom stereocenters. The van der Waals surface area contributed by atoms with Gasteiger partial charge in [-0.1, -0.05) is 38.5 Å². The Balaban J connectivity index is 1.64. The van der Waals surface area contributed by atoms with Gasteiger partial charge < -0.3 is 10.2 Å². The Morgan fingerprint density at radius 2 is 1.16 bits per heavy atom. The molecule has 0 saturated heterocycles. The molecule has 0 bridgehead atoms. The smallest absolute Gasteiger partial charge is 0.318 e. The molecule has 0 aromatic carbocycles. The summed E-state index contributed by atoms with van der Waals surface area (Å²) in [6.45, 7) is 0. The molecule has 3 fully saturated rings. The van der Waals surface area contributed by atoms with Crippen LogP contribution in [0.3, 0.4) is 0 Å². The molecule has 19 heavy (non-hydrogen) atoms. The van der Waals surface area contributed by atoms with E-state index in [1.165, 1.54) is 77.0 Å². The number of hydrogen-bond acceptors (Lipinski definition) is 1. The Labute approximate surface area is 117 Å². The first-order valence-corrected chi connectivity index (χ1v) is 8.43. The molecule has 2 amide bonds. The van der Waals surface area contributed by atoms with Crippen LogP contribution in [0.2, 0.25) is 0 Å². The van der Waals surface area contributed by atoms with E-state index in [-0.39, 0.29) is 6.03 Å². The first-order valence-electron chi connectivity index (χ1n) is 8.43. The first-order chi connectivity index (χ1) is 9.34. The summed E-state index contributed by atoms with van der Waals surface area (Å²) < 4.78 is 0. The molecule has 1 N–H and O–H groups in total. The number of urea groups is 1. The monoisotopic (exact) mass is 264 g/mol. The maximum absolute atomic E-state index is 12.7. The van der Waals surface area contributed by atoms with E-state index in [1.54, 1.807) is 0 Å². The van der Waals surface area contributed by atoms with Crippen molar-refractivity contribution in [3.05, 3.63) is 0 Å². The number of rotatable bonds is 3. The maximum Gasteiger partial charge on any atom is 0.318 e. The lowest BCUT2D eigenvalue weighted by Crippen LogP contribution is -2.52. The number of nitrogens with zero attached hydrogens (tertiary/aromatic N) is 1. The highest BCUT2D eigenvalue weighted by molar-refractivity contribution is 5.75. The van der Waals surface area contributed by atoms with Crippen molar-refractivity contribution in [2.75, 3.05) is 0 Å². The van der Waals surface area contributed by atoms with Crippen molar-refractivity contribution in [2.24, 2.45) is 0 Å². The SMILES string of the molecule is O=C(NC1CCCC1)N(C1CCCC1)C1CCCC1. The summed E-state index contributed by atoms with van der Waals surface area (Å²) in [7, 11) is 0. The van der Waals surface area contributed by atoms with Gasteiger partial charge >= 0.3 is 6.03 Å². The van der Waals surface area contributed by atoms with Crippen LogP contribution >= 0.6 is 0 Å². The molecule has 3 aliphatic rings. The van der Waals surface area contributed by atoms with Crippen molar-refractivity contribution in [3.8, 4) is 0 Å². The van der Waals surface area contributed by atoms with E-state index in [0.717, 1.165) is 0 Å². The van der Waals surface area contributed by atoms with E-state index in [9.17, 15) is 4.79 Å². The fourth-order valence-electron chi connectivity index (χ4n) is 4.31. The molecule has 3 heteroatoms. The average Bonchev–Trinajstić information content (AvgIpc) is 3.11. The standard InChI is InChI=1S/C16H28N2O/c19-16(17-13-7-1-2-8-13)18(14-9-3-4-10-14)15-11-5-6-12-15/h13-15H,1-12H2,(H,17,19). The molecule has 0 heterocycles. The van der Waals surface area contributed by atoms with Crippen LogP contribution in [0.5, 0.6) is 0 Å². The molecular formula is C16H28N2O. The van der Waals surface area contributed by atoms with Crippen molar-refractivity contribution in [3.63, 3.8) is 0 Å². The second kappa shape index (κ2) is 6.15. The predicted octanol–water partition coefficient (Wildman–Crippen LogP) is 3.83. The van der Waals surface area contributed by atoms with E-state index >= 15 is 0 Å². The Morgan fingerprint density at radius 3 is 1.63 bits per heavy atom. The molecule has 0 radical (unpaired) electrons. The second-order valence-corrected chi connectivity index (χ2v) is 6.71. The lowest BCUT2D eigenvalue weighted by atomic mass is 10.1. The first kappa shape index (κ1) is 13.3. The van der Waals surface area contributed by atoms with Crippen LogP contribution in [0.15, 0.2) is 0 Å². The van der Waals surface area contributed by atoms with Gasteiger partial charge in [0.2, 0.25) is 0 Å². The summed E-state index contributed by atoms with van der Waals surface area (Å²) in [5.74, 6) is 0. The molecule has 0 aromatic heterocycles. The minimum Gasteiger partial charge on any atom is -0.335 e. The van der Waals surface area contributed by atoms with Gasteiger partial charge in [0.05, 0.1) is 0 Å². The van der Waals surface area contributed by atoms with E-state index in [2.05, 4.69) is 10.2 Å². The van der Waals surface area contributed by atoms with Gasteiger partial charge in [-0.15, -0.1) is 0 Å². The summed E-state index contributed by atoms with van der Waals surface area (Å²) in [6.07, 6.45) is 15.1. The van der Waals surface area contributed by atoms with Gasteiger partial charge in [-0.2, -0.15) is 0 Å². The molecule has 0 aliphatic heterocycles. The van der Waals surface area contributed by atoms with Crippen molar-refractivity contribution in [1.82, 2.24) is 10.2 Å². The van der Waals surface area contributed by atoms with Crippen molar-refractivity contribution >= 4 is 6.03 Å². The number of nitrogens with one attached hydrogen (secondary N) is 1. The summed E-state index contributed by atoms with van der Waals surface area (Å²) in [5, 5.41) is 3.32. The van der Waals surface area contributed by atoms with Crippen LogP contribution in [0, 0.1) is 0 Å². The van der Waals surface area contributed by atoms with Gasteiger partial charge in [0.15, 0.2) is 0 Å². The zero-order chi connectivity index (χ0) is 13.1. The lowest BCUT2D eigenvalue weighted by Gasteiger charge is -2.35. The van der Waals surface area contributed by atoms with E-state index in [1.807, 2.05) is 0 Å². The van der Waals surface area contributed by atoms with Crippen LogP contribution in [0.25, 0.3) is 0 Å². The fraction of sp³-hybridized carbons (Fsp3) is 0.938. The maximum atomic E-state index is 12.7. The van der Waals surface area contributed by atoms with Gasteiger partial charge in [-0.05, 0) is 38.5 Å². The third-order valence-electron chi connectivity index (χ3n) is 5.35. The van der Waals surface area contributed by atoms with Crippen LogP contribution < -0.4 is 5.32 Å². The highest BCUT2D eigenvalue weighted by Gasteiger charge is 2.34. The number of carbonyl (C=O) groups is 1. The predicted molar refractivity (Wildman–Crippen MR) is 77.1 cm³/mol. The number of hydrogen-bond donors (Lipinski definition) is 1. The third kappa shape index (κ3) is 3.06. The Morgan fingerprint density at radius 1 is 0.737 bits per heavy atom. The highest BCUT2D eigenvalue weighted by atomic mass is 16.2. The molecule has 3 nitrogen and oxygen atoms in total. The highest BCUT2D eigenvalue weighted by Crippen LogP contribution is 2.32. The molecule has 108 valence electrons. The van der Waals surface area contributed by atoms with Gasteiger partial charge in [0, 0.05) is 18.1 Å². The molecule has 3 saturated carbocycles. The van der Waals surface area contributed by atoms with Crippen LogP contribution in [-0.2, 0) is 0 Å². The summed E-state index contributed by atoms with van der Waals surface area (Å²) in [5.41, 5.74) is 0. The van der Waals surface area contributed by atoms with Crippen molar-refractivity contribution in [2.45, 2.75) is 95.2 Å². The number of amides is 2. The molecule has 0 aromatic rings. The van der Waals surface area contributed by atoms with Crippen LogP contribution in [0.4, 0.5) is 4.79 Å². The van der Waals surface area contributed by atoms with E-state index < -0.39 is 0 Å². The van der Waals surface area contributed by atoms with Gasteiger partial charge in [-0.3, -0.25) is 0 Å². The molecule has 3 rings (SSSR count). The number of carbonyl (C=O) groups excluding carboxylic acids is 1. The van der Waals surface area contributed by atoms with Gasteiger partial charge in [0.25, 0.3) is 0 Å². The largest absolute Gasteiger partial charge is 0.335 e. The third-order valence-corrected chi connectivity index (χ3v) is 5.35. The quantitative estimate of drug-likeness (QED) is 0.825. The van der Waals surface area contributed by atoms with E-state index in [0.29, 0.717) is 18.1 Å². The van der Waals surface area contributed by atoms with Crippen molar-refractivity contribution < 1.29 is 4.79 Å². The van der Waals surface area contributed by atoms with E-state index in [4.69, 9.17) is 0 Å². The topological polar surface area (TPSA) is 32.3 Å². The molecular weight excluding hydrogens is 236 g/mol. The van der Waals surface area contributed by atoms with Crippen LogP contribution in [-0.4, -0.2) is 29.1 Å². The summed E-state index contributed by atoms with van der Waals surface area (Å²) in [4.78, 5) is 15.0. The minimum absolute atomic E-state index is 0.255. The van der Waals surface area contributed by atoms with Crippen LogP contribution in [0.1, 0.15) is 77.0 Å². The normalized spacial score (nSPS) is 26.1. The molecule has 0 spiro atoms. The molecule has 0 atom stereocenters. The zero-order valence-electron chi connectivity index (χ0n) is 12.1.